The molecule has 0 spiro atoms. The van der Waals surface area contributed by atoms with E-state index in [4.69, 9.17) is 0 Å². The third-order valence-corrected chi connectivity index (χ3v) is 6.19. The van der Waals surface area contributed by atoms with Crippen LogP contribution in [0.5, 0.6) is 0 Å². The molecular weight excluding hydrogens is 468 g/mol. The van der Waals surface area contributed by atoms with Crippen LogP contribution in [0.25, 0.3) is 0 Å². The minimum Gasteiger partial charge on any atom is -0.342 e. The van der Waals surface area contributed by atoms with Crippen molar-refractivity contribution >= 4 is 17.8 Å². The Morgan fingerprint density at radius 2 is 1.72 bits per heavy atom. The fourth-order valence-electron chi connectivity index (χ4n) is 4.16. The number of carbonyl (C=O) groups is 3. The molecule has 4 amide bonds. The zero-order chi connectivity index (χ0) is 26.6. The topological polar surface area (TPSA) is 94.6 Å². The Labute approximate surface area is 210 Å². The van der Waals surface area contributed by atoms with E-state index in [1.165, 1.54) is 25.9 Å². The average molecular weight is 502 g/mol. The summed E-state index contributed by atoms with van der Waals surface area (Å²) in [5.41, 5.74) is 1.41. The normalized spacial score (nSPS) is 19.1. The molecule has 4 atom stereocenters. The Kier molecular flexibility index (Phi) is 8.60. The van der Waals surface area contributed by atoms with Crippen LogP contribution in [0.15, 0.2) is 42.5 Å². The number of carbonyl (C=O) groups excluding carboxylic acids is 3. The van der Waals surface area contributed by atoms with E-state index in [2.05, 4.69) is 15.6 Å². The maximum absolute atomic E-state index is 14.7. The number of halogens is 2. The van der Waals surface area contributed by atoms with Gasteiger partial charge in [-0.15, -0.1) is 0 Å². The van der Waals surface area contributed by atoms with E-state index in [0.29, 0.717) is 11.1 Å². The van der Waals surface area contributed by atoms with Crippen LogP contribution in [-0.2, 0) is 9.59 Å². The van der Waals surface area contributed by atoms with Gasteiger partial charge in [0, 0.05) is 26.1 Å². The van der Waals surface area contributed by atoms with Crippen molar-refractivity contribution in [3.8, 4) is 0 Å². The second-order valence-corrected chi connectivity index (χ2v) is 9.53. The third kappa shape index (κ3) is 6.16. The van der Waals surface area contributed by atoms with Crippen LogP contribution in [0.3, 0.4) is 0 Å². The minimum atomic E-state index is -1.39. The number of nitrogens with one attached hydrogen (secondary N) is 2. The van der Waals surface area contributed by atoms with E-state index < -0.39 is 48.1 Å². The molecular formula is C26H33F2N5O3. The number of pyridine rings is 1. The highest BCUT2D eigenvalue weighted by Crippen LogP contribution is 2.27. The summed E-state index contributed by atoms with van der Waals surface area (Å²) in [6.45, 7) is 4.94. The first-order valence-corrected chi connectivity index (χ1v) is 11.9. The number of hydrogen-bond donors (Lipinski definition) is 2. The van der Waals surface area contributed by atoms with E-state index in [-0.39, 0.29) is 24.6 Å². The summed E-state index contributed by atoms with van der Waals surface area (Å²) in [6, 6.07) is 8.90. The van der Waals surface area contributed by atoms with Crippen molar-refractivity contribution in [2.45, 2.75) is 57.4 Å². The van der Waals surface area contributed by atoms with Gasteiger partial charge in [0.1, 0.15) is 18.3 Å². The van der Waals surface area contributed by atoms with Crippen LogP contribution in [0.4, 0.5) is 13.6 Å². The Balaban J connectivity index is 1.86. The van der Waals surface area contributed by atoms with Gasteiger partial charge in [-0.2, -0.15) is 4.39 Å². The maximum atomic E-state index is 14.7. The Morgan fingerprint density at radius 1 is 1.06 bits per heavy atom. The molecule has 3 rings (SSSR count). The standard InChI is InChI=1S/C26H33F2N5O3/c1-15(2)19-11-12-20(30-23(19)28)22(17-9-7-6-8-10-17)31-24(34)21-13-18(27)14-33(21)25(35)16(3)29-26(36)32(4)5/h6-12,15-16,18,21-22H,13-14H2,1-5H3,(H,29,36)(H,31,34). The van der Waals surface area contributed by atoms with Gasteiger partial charge in [-0.05, 0) is 24.5 Å². The Bertz CT molecular complexity index is 1100. The van der Waals surface area contributed by atoms with Crippen LogP contribution < -0.4 is 10.6 Å². The molecule has 0 aliphatic carbocycles. The van der Waals surface area contributed by atoms with Crippen LogP contribution in [0, 0.1) is 5.95 Å². The van der Waals surface area contributed by atoms with Gasteiger partial charge in [-0.1, -0.05) is 50.2 Å². The van der Waals surface area contributed by atoms with Gasteiger partial charge >= 0.3 is 6.03 Å². The van der Waals surface area contributed by atoms with Crippen LogP contribution in [-0.4, -0.2) is 71.5 Å². The predicted molar refractivity (Wildman–Crippen MR) is 131 cm³/mol. The lowest BCUT2D eigenvalue weighted by Gasteiger charge is -2.29. The monoisotopic (exact) mass is 501 g/mol. The molecule has 8 nitrogen and oxygen atoms in total. The summed E-state index contributed by atoms with van der Waals surface area (Å²) < 4.78 is 29.1. The lowest BCUT2D eigenvalue weighted by Crippen LogP contribution is -2.54. The Hall–Kier alpha value is -3.56. The molecule has 4 unspecified atom stereocenters. The number of amides is 4. The van der Waals surface area contributed by atoms with Gasteiger partial charge in [-0.25, -0.2) is 14.2 Å². The number of rotatable bonds is 7. The number of aromatic nitrogens is 1. The summed E-state index contributed by atoms with van der Waals surface area (Å²) in [4.78, 5) is 44.9. The fourth-order valence-corrected chi connectivity index (χ4v) is 4.16. The molecule has 2 N–H and O–H groups in total. The summed E-state index contributed by atoms with van der Waals surface area (Å²) in [7, 11) is 3.06. The molecule has 1 saturated heterocycles. The second-order valence-electron chi connectivity index (χ2n) is 9.53. The van der Waals surface area contributed by atoms with Crippen molar-refractivity contribution in [1.82, 2.24) is 25.4 Å². The molecule has 2 aromatic rings. The van der Waals surface area contributed by atoms with Gasteiger partial charge in [-0.3, -0.25) is 9.59 Å². The highest BCUT2D eigenvalue weighted by Gasteiger charge is 2.42. The van der Waals surface area contributed by atoms with Crippen molar-refractivity contribution in [1.29, 1.82) is 0 Å². The summed E-state index contributed by atoms with van der Waals surface area (Å²) in [5, 5.41) is 5.38. The number of urea groups is 1. The van der Waals surface area contributed by atoms with Crippen molar-refractivity contribution in [3.05, 3.63) is 65.2 Å². The minimum absolute atomic E-state index is 0.0640. The van der Waals surface area contributed by atoms with Crippen LogP contribution >= 0.6 is 0 Å². The third-order valence-electron chi connectivity index (χ3n) is 6.19. The molecule has 194 valence electrons. The van der Waals surface area contributed by atoms with Crippen molar-refractivity contribution in [2.75, 3.05) is 20.6 Å². The summed E-state index contributed by atoms with van der Waals surface area (Å²) >= 11 is 0. The zero-order valence-electron chi connectivity index (χ0n) is 21.2. The van der Waals surface area contributed by atoms with Crippen LogP contribution in [0.2, 0.25) is 0 Å². The molecule has 0 radical (unpaired) electrons. The molecule has 1 fully saturated rings. The van der Waals surface area contributed by atoms with E-state index in [0.717, 1.165) is 4.90 Å². The zero-order valence-corrected chi connectivity index (χ0v) is 21.2. The summed E-state index contributed by atoms with van der Waals surface area (Å²) in [6.07, 6.45) is -1.57. The SMILES string of the molecule is CC(NC(=O)N(C)C)C(=O)N1CC(F)CC1C(=O)NC(c1ccccc1)c1ccc(C(C)C)c(F)n1. The van der Waals surface area contributed by atoms with Gasteiger partial charge in [0.15, 0.2) is 0 Å². The average Bonchev–Trinajstić information content (AvgIpc) is 3.23. The lowest BCUT2D eigenvalue weighted by atomic mass is 9.99. The largest absolute Gasteiger partial charge is 0.342 e. The molecule has 36 heavy (non-hydrogen) atoms. The van der Waals surface area contributed by atoms with Crippen molar-refractivity contribution < 1.29 is 23.2 Å². The molecule has 10 heteroatoms. The van der Waals surface area contributed by atoms with E-state index >= 15 is 0 Å². The van der Waals surface area contributed by atoms with Crippen molar-refractivity contribution in [2.24, 2.45) is 0 Å². The highest BCUT2D eigenvalue weighted by molar-refractivity contribution is 5.92. The predicted octanol–water partition coefficient (Wildman–Crippen LogP) is 3.15. The molecule has 0 bridgehead atoms. The smallest absolute Gasteiger partial charge is 0.317 e. The summed E-state index contributed by atoms with van der Waals surface area (Å²) in [5.74, 6) is -1.83. The Morgan fingerprint density at radius 3 is 2.31 bits per heavy atom. The van der Waals surface area contributed by atoms with Gasteiger partial charge < -0.3 is 20.4 Å². The molecule has 1 aliphatic rings. The van der Waals surface area contributed by atoms with E-state index in [1.807, 2.05) is 19.9 Å². The molecule has 1 aromatic carbocycles. The van der Waals surface area contributed by atoms with Crippen LogP contribution in [0.1, 0.15) is 56.0 Å². The van der Waals surface area contributed by atoms with E-state index in [1.54, 1.807) is 36.4 Å². The number of benzene rings is 1. The second kappa shape index (κ2) is 11.5. The molecule has 1 aliphatic heterocycles. The number of hydrogen-bond acceptors (Lipinski definition) is 4. The quantitative estimate of drug-likeness (QED) is 0.570. The maximum Gasteiger partial charge on any atom is 0.317 e. The van der Waals surface area contributed by atoms with Gasteiger partial charge in [0.05, 0.1) is 18.3 Å². The lowest BCUT2D eigenvalue weighted by molar-refractivity contribution is -0.139. The van der Waals surface area contributed by atoms with E-state index in [9.17, 15) is 23.2 Å². The first-order valence-electron chi connectivity index (χ1n) is 11.9. The number of likely N-dealkylation sites (tertiary alicyclic amines) is 1. The molecule has 1 aromatic heterocycles. The number of alkyl halides is 1. The van der Waals surface area contributed by atoms with Crippen molar-refractivity contribution in [3.63, 3.8) is 0 Å². The fraction of sp³-hybridized carbons (Fsp3) is 0.462. The highest BCUT2D eigenvalue weighted by atomic mass is 19.1. The first kappa shape index (κ1) is 27.0. The van der Waals surface area contributed by atoms with Gasteiger partial charge in [0.25, 0.3) is 0 Å². The molecule has 2 heterocycles. The number of nitrogens with zero attached hydrogens (tertiary/aromatic N) is 3. The first-order chi connectivity index (χ1) is 17.0. The molecule has 0 saturated carbocycles. The van der Waals surface area contributed by atoms with Gasteiger partial charge in [0.2, 0.25) is 17.8 Å².